The Hall–Kier alpha value is -1.78. The van der Waals surface area contributed by atoms with Crippen LogP contribution in [0.1, 0.15) is 44.1 Å². The topological polar surface area (TPSA) is 77.4 Å². The Balaban J connectivity index is 1.53. The molecule has 5 atom stereocenters. The van der Waals surface area contributed by atoms with Gasteiger partial charge in [-0.1, -0.05) is 54.5 Å². The molecule has 2 saturated heterocycles. The number of carbonyl (C=O) groups excluding carboxylic acids is 1. The summed E-state index contributed by atoms with van der Waals surface area (Å²) >= 11 is 8.58. The number of benzene rings is 2. The Morgan fingerprint density at radius 3 is 2.67 bits per heavy atom. The minimum Gasteiger partial charge on any atom is -0.399 e. The fraction of sp³-hybridized carbons (Fsp3) is 0.600. The lowest BCUT2D eigenvalue weighted by atomic mass is 9.72. The van der Waals surface area contributed by atoms with Crippen LogP contribution in [0.4, 0.5) is 0 Å². The molecule has 2 bridgehead atoms. The first-order valence-corrected chi connectivity index (χ1v) is 15.5. The summed E-state index contributed by atoms with van der Waals surface area (Å²) in [5, 5.41) is 21.3. The van der Waals surface area contributed by atoms with Gasteiger partial charge in [-0.15, -0.1) is 0 Å². The van der Waals surface area contributed by atoms with Gasteiger partial charge in [-0.05, 0) is 54.5 Å². The van der Waals surface area contributed by atoms with Crippen LogP contribution in [0, 0.1) is 5.92 Å². The van der Waals surface area contributed by atoms with Gasteiger partial charge in [-0.3, -0.25) is 14.6 Å². The van der Waals surface area contributed by atoms with Gasteiger partial charge in [0.25, 0.3) is 0 Å². The first-order valence-electron chi connectivity index (χ1n) is 14.2. The molecule has 4 rings (SSSR count). The average molecular weight is 573 g/mol. The maximum Gasteiger partial charge on any atom is 0.234 e. The van der Waals surface area contributed by atoms with E-state index in [0.29, 0.717) is 30.6 Å². The highest BCUT2D eigenvalue weighted by Crippen LogP contribution is 2.48. The molecule has 9 heteroatoms. The number of rotatable bonds is 14. The zero-order chi connectivity index (χ0) is 27.8. The predicted molar refractivity (Wildman–Crippen MR) is 166 cm³/mol. The Kier molecular flexibility index (Phi) is 11.4. The van der Waals surface area contributed by atoms with Crippen LogP contribution in [0.3, 0.4) is 0 Å². The van der Waals surface area contributed by atoms with Crippen LogP contribution in [0.25, 0.3) is 10.8 Å². The molecule has 0 aliphatic carbocycles. The molecule has 0 aromatic heterocycles. The van der Waals surface area contributed by atoms with E-state index in [1.165, 1.54) is 16.3 Å². The zero-order valence-electron chi connectivity index (χ0n) is 23.2. The second-order valence-electron chi connectivity index (χ2n) is 10.7. The monoisotopic (exact) mass is 572 g/mol. The fourth-order valence-corrected chi connectivity index (χ4v) is 7.13. The Morgan fingerprint density at radius 1 is 1.15 bits per heavy atom. The summed E-state index contributed by atoms with van der Waals surface area (Å²) in [6, 6.07) is 15.6. The van der Waals surface area contributed by atoms with E-state index >= 15 is 0 Å². The summed E-state index contributed by atoms with van der Waals surface area (Å²) in [5.74, 6) is 1.71. The van der Waals surface area contributed by atoms with Crippen LogP contribution in [0.5, 0.6) is 0 Å². The summed E-state index contributed by atoms with van der Waals surface area (Å²) in [4.78, 5) is 22.3. The smallest absolute Gasteiger partial charge is 0.234 e. The third-order valence-electron chi connectivity index (χ3n) is 8.35. The average Bonchev–Trinajstić information content (AvgIpc) is 3.15. The number of hydrogen-bond acceptors (Lipinski definition) is 8. The Labute approximate surface area is 244 Å². The van der Waals surface area contributed by atoms with Gasteiger partial charge in [0, 0.05) is 49.1 Å². The number of thiol groups is 2. The Morgan fingerprint density at radius 2 is 1.95 bits per heavy atom. The van der Waals surface area contributed by atoms with Crippen molar-refractivity contribution in [2.75, 3.05) is 51.3 Å². The van der Waals surface area contributed by atoms with Gasteiger partial charge in [0.2, 0.25) is 5.91 Å². The van der Waals surface area contributed by atoms with Crippen molar-refractivity contribution >= 4 is 47.6 Å². The molecule has 2 aromatic carbocycles. The number of nitrogens with zero attached hydrogens (tertiary/aromatic N) is 3. The third kappa shape index (κ3) is 7.30. The lowest BCUT2D eigenvalue weighted by molar-refractivity contribution is -0.122. The molecular formula is C30H44N4O3S2. The van der Waals surface area contributed by atoms with E-state index in [9.17, 15) is 9.90 Å². The van der Waals surface area contributed by atoms with Crippen molar-refractivity contribution in [3.8, 4) is 0 Å². The van der Waals surface area contributed by atoms with Gasteiger partial charge >= 0.3 is 0 Å². The largest absolute Gasteiger partial charge is 0.399 e. The van der Waals surface area contributed by atoms with E-state index in [4.69, 9.17) is 4.84 Å². The third-order valence-corrected chi connectivity index (χ3v) is 8.78. The van der Waals surface area contributed by atoms with Gasteiger partial charge in [-0.2, -0.15) is 25.3 Å². The van der Waals surface area contributed by atoms with Gasteiger partial charge in [0.1, 0.15) is 7.11 Å². The maximum absolute atomic E-state index is 12.3. The number of piperidine rings is 1. The van der Waals surface area contributed by atoms with E-state index in [0.717, 1.165) is 51.0 Å². The number of carbonyl (C=O) groups is 1. The number of nitrogens with one attached hydrogen (secondary N) is 1. The summed E-state index contributed by atoms with van der Waals surface area (Å²) < 4.78 is 0. The number of hydrogen-bond donors (Lipinski definition) is 4. The van der Waals surface area contributed by atoms with Gasteiger partial charge in [0.05, 0.1) is 18.4 Å². The first kappa shape index (κ1) is 30.2. The molecule has 1 amide bonds. The SMILES string of the molecule is CC/C(=N\OC)[C@@H]1C2C(O)CC(C[C@H]1c1ccc3ccccc3c1)N2CCCN(CCS)CC(=O)NCCS. The van der Waals surface area contributed by atoms with E-state index in [2.05, 4.69) is 94.9 Å². The number of aliphatic hydroxyl groups is 1. The highest BCUT2D eigenvalue weighted by molar-refractivity contribution is 7.80. The number of fused-ring (bicyclic) bond motifs is 3. The van der Waals surface area contributed by atoms with Crippen LogP contribution in [0.15, 0.2) is 47.6 Å². The van der Waals surface area contributed by atoms with Crippen LogP contribution >= 0.6 is 25.3 Å². The van der Waals surface area contributed by atoms with Crippen molar-refractivity contribution in [2.24, 2.45) is 11.1 Å². The van der Waals surface area contributed by atoms with Crippen molar-refractivity contribution in [3.05, 3.63) is 48.0 Å². The van der Waals surface area contributed by atoms with E-state index < -0.39 is 6.10 Å². The molecule has 3 unspecified atom stereocenters. The zero-order valence-corrected chi connectivity index (χ0v) is 25.0. The Bertz CT molecular complexity index is 1120. The maximum atomic E-state index is 12.3. The van der Waals surface area contributed by atoms with Gasteiger partial charge in [0.15, 0.2) is 0 Å². The molecular weight excluding hydrogens is 528 g/mol. The fourth-order valence-electron chi connectivity index (χ4n) is 6.74. The number of amides is 1. The predicted octanol–water partition coefficient (Wildman–Crippen LogP) is 3.83. The molecule has 2 aliphatic rings. The van der Waals surface area contributed by atoms with Crippen molar-refractivity contribution in [3.63, 3.8) is 0 Å². The molecule has 0 radical (unpaired) electrons. The standard InChI is InChI=1S/C30H44N4O3S2/c1-3-26(32-37-2)29-25(23-10-9-21-7-4-5-8-22(21)17-23)18-24-19-27(35)30(29)34(24)13-6-12-33(14-16-39)20-28(36)31-11-15-38/h4-5,7-10,17,24-25,27,29-30,35,38-39H,3,6,11-16,18-20H2,1-2H3,(H,31,36)/b32-26+/t24?,25-,27?,29+,30?/m0/s1. The molecule has 0 saturated carbocycles. The van der Waals surface area contributed by atoms with Crippen molar-refractivity contribution < 1.29 is 14.7 Å². The molecule has 2 fully saturated rings. The van der Waals surface area contributed by atoms with E-state index in [-0.39, 0.29) is 23.8 Å². The highest BCUT2D eigenvalue weighted by atomic mass is 32.1. The lowest BCUT2D eigenvalue weighted by Gasteiger charge is -2.45. The van der Waals surface area contributed by atoms with E-state index in [1.54, 1.807) is 7.11 Å². The summed E-state index contributed by atoms with van der Waals surface area (Å²) in [6.07, 6.45) is 3.05. The highest BCUT2D eigenvalue weighted by Gasteiger charge is 2.53. The number of aliphatic hydroxyl groups excluding tert-OH is 1. The van der Waals surface area contributed by atoms with Crippen LogP contribution < -0.4 is 5.32 Å². The summed E-state index contributed by atoms with van der Waals surface area (Å²) in [6.45, 7) is 5.53. The summed E-state index contributed by atoms with van der Waals surface area (Å²) in [7, 11) is 1.61. The van der Waals surface area contributed by atoms with Crippen molar-refractivity contribution in [1.29, 1.82) is 0 Å². The molecule has 2 aliphatic heterocycles. The normalized spacial score (nSPS) is 25.4. The van der Waals surface area contributed by atoms with Crippen molar-refractivity contribution in [1.82, 2.24) is 15.1 Å². The molecule has 214 valence electrons. The lowest BCUT2D eigenvalue weighted by Crippen LogP contribution is -2.53. The van der Waals surface area contributed by atoms with Gasteiger partial charge in [-0.25, -0.2) is 0 Å². The van der Waals surface area contributed by atoms with Crippen LogP contribution in [-0.4, -0.2) is 96.1 Å². The molecule has 2 aromatic rings. The second-order valence-corrected chi connectivity index (χ2v) is 11.6. The first-order chi connectivity index (χ1) is 19.0. The van der Waals surface area contributed by atoms with Gasteiger partial charge < -0.3 is 15.3 Å². The minimum absolute atomic E-state index is 0.00825. The second kappa shape index (κ2) is 14.7. The molecule has 2 N–H and O–H groups in total. The van der Waals surface area contributed by atoms with Crippen LogP contribution in [-0.2, 0) is 9.63 Å². The minimum atomic E-state index is -0.403. The molecule has 7 nitrogen and oxygen atoms in total. The summed E-state index contributed by atoms with van der Waals surface area (Å²) in [5.41, 5.74) is 2.33. The molecule has 39 heavy (non-hydrogen) atoms. The molecule has 0 spiro atoms. The van der Waals surface area contributed by atoms with Crippen molar-refractivity contribution in [2.45, 2.75) is 56.7 Å². The quantitative estimate of drug-likeness (QED) is 0.157. The van der Waals surface area contributed by atoms with Crippen LogP contribution in [0.2, 0.25) is 0 Å². The van der Waals surface area contributed by atoms with E-state index in [1.807, 2.05) is 0 Å². The molecule has 2 heterocycles. The number of oxime groups is 1.